The normalized spacial score (nSPS) is 10.7. The molecule has 2 rings (SSSR count). The Morgan fingerprint density at radius 1 is 1.05 bits per heavy atom. The van der Waals surface area contributed by atoms with E-state index >= 15 is 0 Å². The van der Waals surface area contributed by atoms with Crippen molar-refractivity contribution in [3.05, 3.63) is 70.2 Å². The molecule has 1 nitrogen and oxygen atoms in total. The topological polar surface area (TPSA) is 17.1 Å². The lowest BCUT2D eigenvalue weighted by atomic mass is 9.98. The summed E-state index contributed by atoms with van der Waals surface area (Å²) in [6.45, 7) is 4.28. The smallest absolute Gasteiger partial charge is 0.167 e. The van der Waals surface area contributed by atoms with Gasteiger partial charge in [-0.1, -0.05) is 67.9 Å². The van der Waals surface area contributed by atoms with Crippen molar-refractivity contribution in [2.75, 3.05) is 0 Å². The Bertz CT molecular complexity index is 570. The predicted octanol–water partition coefficient (Wildman–Crippen LogP) is 4.89. The number of halogens is 1. The van der Waals surface area contributed by atoms with Crippen molar-refractivity contribution in [2.24, 2.45) is 0 Å². The summed E-state index contributed by atoms with van der Waals surface area (Å²) >= 11 is 6.07. The van der Waals surface area contributed by atoms with Crippen LogP contribution in [0.15, 0.2) is 48.5 Å². The van der Waals surface area contributed by atoms with Crippen LogP contribution in [0.3, 0.4) is 0 Å². The number of carbonyl (C=O) groups is 1. The highest BCUT2D eigenvalue weighted by molar-refractivity contribution is 6.31. The van der Waals surface area contributed by atoms with Gasteiger partial charge in [-0.05, 0) is 23.1 Å². The van der Waals surface area contributed by atoms with Crippen LogP contribution in [-0.2, 0) is 6.42 Å². The summed E-state index contributed by atoms with van der Waals surface area (Å²) in [6, 6.07) is 15.3. The second-order valence-electron chi connectivity index (χ2n) is 4.97. The van der Waals surface area contributed by atoms with Gasteiger partial charge in [0, 0.05) is 17.0 Å². The molecule has 0 unspecified atom stereocenters. The molecule has 0 bridgehead atoms. The molecule has 0 spiro atoms. The molecule has 0 atom stereocenters. The maximum Gasteiger partial charge on any atom is 0.167 e. The van der Waals surface area contributed by atoms with Gasteiger partial charge in [0.2, 0.25) is 0 Å². The van der Waals surface area contributed by atoms with Crippen LogP contribution in [0.2, 0.25) is 5.02 Å². The lowest BCUT2D eigenvalue weighted by Gasteiger charge is -2.07. The molecular weight excluding hydrogens is 256 g/mol. The van der Waals surface area contributed by atoms with Crippen LogP contribution in [-0.4, -0.2) is 5.78 Å². The van der Waals surface area contributed by atoms with Crippen molar-refractivity contribution in [1.29, 1.82) is 0 Å². The molecule has 0 aromatic heterocycles. The van der Waals surface area contributed by atoms with E-state index in [9.17, 15) is 4.79 Å². The number of Topliss-reactive ketones (excluding diaryl/α,β-unsaturated/α-hetero) is 1. The highest BCUT2D eigenvalue weighted by Gasteiger charge is 2.09. The number of rotatable bonds is 4. The first-order chi connectivity index (χ1) is 9.08. The molecule has 0 aliphatic carbocycles. The minimum atomic E-state index is 0.100. The summed E-state index contributed by atoms with van der Waals surface area (Å²) in [4.78, 5) is 12.2. The minimum Gasteiger partial charge on any atom is -0.294 e. The summed E-state index contributed by atoms with van der Waals surface area (Å²) in [5, 5.41) is 0.648. The van der Waals surface area contributed by atoms with Gasteiger partial charge in [-0.3, -0.25) is 4.79 Å². The van der Waals surface area contributed by atoms with Gasteiger partial charge in [0.05, 0.1) is 0 Å². The highest BCUT2D eigenvalue weighted by Crippen LogP contribution is 2.19. The molecule has 2 aromatic rings. The fraction of sp³-hybridized carbons (Fsp3) is 0.235. The largest absolute Gasteiger partial charge is 0.294 e. The van der Waals surface area contributed by atoms with Gasteiger partial charge in [-0.2, -0.15) is 0 Å². The maximum atomic E-state index is 12.2. The Kier molecular flexibility index (Phi) is 4.39. The highest BCUT2D eigenvalue weighted by atomic mass is 35.5. The van der Waals surface area contributed by atoms with Crippen molar-refractivity contribution >= 4 is 17.4 Å². The fourth-order valence-corrected chi connectivity index (χ4v) is 2.17. The number of ketones is 1. The first-order valence-electron chi connectivity index (χ1n) is 6.44. The van der Waals surface area contributed by atoms with Crippen molar-refractivity contribution in [1.82, 2.24) is 0 Å². The maximum absolute atomic E-state index is 12.2. The van der Waals surface area contributed by atoms with Crippen molar-refractivity contribution < 1.29 is 4.79 Å². The van der Waals surface area contributed by atoms with Crippen LogP contribution < -0.4 is 0 Å². The van der Waals surface area contributed by atoms with Gasteiger partial charge in [-0.25, -0.2) is 0 Å². The van der Waals surface area contributed by atoms with Crippen LogP contribution in [0.5, 0.6) is 0 Å². The third-order valence-electron chi connectivity index (χ3n) is 3.21. The van der Waals surface area contributed by atoms with Crippen molar-refractivity contribution in [3.8, 4) is 0 Å². The van der Waals surface area contributed by atoms with E-state index in [2.05, 4.69) is 13.8 Å². The first kappa shape index (κ1) is 13.8. The van der Waals surface area contributed by atoms with Crippen molar-refractivity contribution in [2.45, 2.75) is 26.2 Å². The van der Waals surface area contributed by atoms with E-state index in [1.807, 2.05) is 48.5 Å². The monoisotopic (exact) mass is 272 g/mol. The van der Waals surface area contributed by atoms with Crippen molar-refractivity contribution in [3.63, 3.8) is 0 Å². The lowest BCUT2D eigenvalue weighted by Crippen LogP contribution is -2.04. The zero-order chi connectivity index (χ0) is 13.8. The number of benzene rings is 2. The number of carbonyl (C=O) groups excluding carboxylic acids is 1. The molecule has 2 heteroatoms. The van der Waals surface area contributed by atoms with Crippen LogP contribution in [0.1, 0.15) is 41.3 Å². The molecule has 0 saturated heterocycles. The minimum absolute atomic E-state index is 0.100. The van der Waals surface area contributed by atoms with Crippen LogP contribution in [0.4, 0.5) is 0 Å². The molecule has 19 heavy (non-hydrogen) atoms. The lowest BCUT2D eigenvalue weighted by molar-refractivity contribution is 0.0993. The second kappa shape index (κ2) is 6.03. The average Bonchev–Trinajstić information content (AvgIpc) is 2.41. The molecule has 2 aromatic carbocycles. The second-order valence-corrected chi connectivity index (χ2v) is 5.38. The average molecular weight is 273 g/mol. The quantitative estimate of drug-likeness (QED) is 0.724. The molecule has 0 aliphatic rings. The number of hydrogen-bond acceptors (Lipinski definition) is 1. The molecule has 0 saturated carbocycles. The Balaban J connectivity index is 2.14. The summed E-state index contributed by atoms with van der Waals surface area (Å²) in [6.07, 6.45) is 0.348. The summed E-state index contributed by atoms with van der Waals surface area (Å²) in [5.41, 5.74) is 2.86. The van der Waals surface area contributed by atoms with Crippen LogP contribution in [0, 0.1) is 0 Å². The molecule has 0 heterocycles. The molecule has 0 radical (unpaired) electrons. The van der Waals surface area contributed by atoms with Crippen LogP contribution in [0.25, 0.3) is 0 Å². The Hall–Kier alpha value is -1.60. The zero-order valence-electron chi connectivity index (χ0n) is 11.2. The van der Waals surface area contributed by atoms with E-state index in [4.69, 9.17) is 11.6 Å². The predicted molar refractivity (Wildman–Crippen MR) is 80.0 cm³/mol. The van der Waals surface area contributed by atoms with E-state index < -0.39 is 0 Å². The van der Waals surface area contributed by atoms with Gasteiger partial charge in [0.15, 0.2) is 5.78 Å². The molecular formula is C17H17ClO. The Morgan fingerprint density at radius 2 is 1.68 bits per heavy atom. The zero-order valence-corrected chi connectivity index (χ0v) is 11.9. The summed E-state index contributed by atoms with van der Waals surface area (Å²) in [7, 11) is 0. The van der Waals surface area contributed by atoms with Gasteiger partial charge < -0.3 is 0 Å². The van der Waals surface area contributed by atoms with Crippen LogP contribution >= 0.6 is 11.6 Å². The number of hydrogen-bond donors (Lipinski definition) is 0. The van der Waals surface area contributed by atoms with E-state index in [0.717, 1.165) is 11.1 Å². The van der Waals surface area contributed by atoms with E-state index in [0.29, 0.717) is 17.4 Å². The van der Waals surface area contributed by atoms with E-state index in [-0.39, 0.29) is 5.78 Å². The standard InChI is InChI=1S/C17H17ClO/c1-12(2)13-7-9-14(10-8-13)17(19)11-15-5-3-4-6-16(15)18/h3-10,12H,11H2,1-2H3. The SMILES string of the molecule is CC(C)c1ccc(C(=O)Cc2ccccc2Cl)cc1. The van der Waals surface area contributed by atoms with Gasteiger partial charge >= 0.3 is 0 Å². The van der Waals surface area contributed by atoms with E-state index in [1.165, 1.54) is 5.56 Å². The summed E-state index contributed by atoms with van der Waals surface area (Å²) in [5.74, 6) is 0.580. The van der Waals surface area contributed by atoms with E-state index in [1.54, 1.807) is 0 Å². The molecule has 0 fully saturated rings. The third kappa shape index (κ3) is 3.45. The fourth-order valence-electron chi connectivity index (χ4n) is 1.97. The Labute approximate surface area is 119 Å². The first-order valence-corrected chi connectivity index (χ1v) is 6.82. The van der Waals surface area contributed by atoms with Gasteiger partial charge in [0.25, 0.3) is 0 Å². The third-order valence-corrected chi connectivity index (χ3v) is 3.58. The molecule has 0 amide bonds. The molecule has 0 N–H and O–H groups in total. The Morgan fingerprint density at radius 3 is 2.26 bits per heavy atom. The summed E-state index contributed by atoms with van der Waals surface area (Å²) < 4.78 is 0. The molecule has 98 valence electrons. The molecule has 0 aliphatic heterocycles. The van der Waals surface area contributed by atoms with Gasteiger partial charge in [-0.15, -0.1) is 0 Å². The van der Waals surface area contributed by atoms with Gasteiger partial charge in [0.1, 0.15) is 0 Å².